The highest BCUT2D eigenvalue weighted by atomic mass is 32.1. The molecule has 0 radical (unpaired) electrons. The molecule has 1 unspecified atom stereocenters. The summed E-state index contributed by atoms with van der Waals surface area (Å²) in [5.41, 5.74) is 3.21. The number of anilines is 1. The number of phenols is 1. The standard InChI is InChI=1S/C28H27N3O6S/c1-15(2)26(34)29-10-3-11-30-28(38)31-16-4-7-19(22(12-16)27(35)36)25-20-8-5-17(32)13-23(20)37-24-14-18(33)6-9-21(24)25/h4-9,12-14,17,32-33H,1,3,10-11H2,2H3,(H,29,34)(H,35,36)(H2,30,31,38). The first kappa shape index (κ1) is 26.6. The van der Waals surface area contributed by atoms with E-state index in [2.05, 4.69) is 22.5 Å². The molecule has 0 bridgehead atoms. The van der Waals surface area contributed by atoms with Crippen LogP contribution in [0.5, 0.6) is 11.5 Å². The van der Waals surface area contributed by atoms with Crippen molar-refractivity contribution >= 4 is 40.5 Å². The van der Waals surface area contributed by atoms with Crippen molar-refractivity contribution in [1.82, 2.24) is 10.6 Å². The van der Waals surface area contributed by atoms with E-state index in [4.69, 9.17) is 17.0 Å². The van der Waals surface area contributed by atoms with Gasteiger partial charge in [0.1, 0.15) is 17.3 Å². The Bertz CT molecular complexity index is 1430. The number of carbonyl (C=O) groups is 2. The molecular weight excluding hydrogens is 506 g/mol. The first-order valence-electron chi connectivity index (χ1n) is 11.8. The quantitative estimate of drug-likeness (QED) is 0.171. The molecule has 0 aromatic heterocycles. The number of aromatic carboxylic acids is 1. The topological polar surface area (TPSA) is 140 Å². The predicted octanol–water partition coefficient (Wildman–Crippen LogP) is 3.47. The smallest absolute Gasteiger partial charge is 0.336 e. The van der Waals surface area contributed by atoms with Gasteiger partial charge in [-0.1, -0.05) is 24.8 Å². The molecule has 1 heterocycles. The number of hydrogen-bond donors (Lipinski definition) is 6. The number of aliphatic hydroxyl groups excluding tert-OH is 1. The summed E-state index contributed by atoms with van der Waals surface area (Å²) in [6, 6.07) is 9.51. The number of aromatic hydroxyl groups is 1. The lowest BCUT2D eigenvalue weighted by Gasteiger charge is -2.28. The number of amides is 1. The van der Waals surface area contributed by atoms with Crippen LogP contribution < -0.4 is 20.7 Å². The van der Waals surface area contributed by atoms with E-state index in [0.717, 1.165) is 0 Å². The highest BCUT2D eigenvalue weighted by Gasteiger charge is 2.29. The van der Waals surface area contributed by atoms with E-state index in [1.54, 1.807) is 37.3 Å². The molecule has 1 atom stereocenters. The normalized spacial score (nSPS) is 15.4. The van der Waals surface area contributed by atoms with E-state index in [1.165, 1.54) is 24.3 Å². The minimum absolute atomic E-state index is 0.00346. The maximum atomic E-state index is 12.3. The molecule has 10 heteroatoms. The highest BCUT2D eigenvalue weighted by Crippen LogP contribution is 2.45. The lowest BCUT2D eigenvalue weighted by molar-refractivity contribution is -0.117. The lowest BCUT2D eigenvalue weighted by Crippen LogP contribution is -2.32. The van der Waals surface area contributed by atoms with Gasteiger partial charge in [-0.05, 0) is 61.5 Å². The Hall–Kier alpha value is -4.41. The van der Waals surface area contributed by atoms with Crippen molar-refractivity contribution in [3.63, 3.8) is 0 Å². The van der Waals surface area contributed by atoms with E-state index in [-0.39, 0.29) is 17.2 Å². The minimum atomic E-state index is -1.14. The average Bonchev–Trinajstić information content (AvgIpc) is 2.86. The van der Waals surface area contributed by atoms with Gasteiger partial charge in [0.15, 0.2) is 5.11 Å². The number of thiocarbonyl (C=S) groups is 1. The number of carboxylic acids is 1. The highest BCUT2D eigenvalue weighted by molar-refractivity contribution is 7.80. The van der Waals surface area contributed by atoms with Crippen LogP contribution >= 0.6 is 12.2 Å². The molecule has 2 aliphatic rings. The molecule has 2 aromatic rings. The Morgan fingerprint density at radius 1 is 1.11 bits per heavy atom. The van der Waals surface area contributed by atoms with Gasteiger partial charge in [0, 0.05) is 47.1 Å². The van der Waals surface area contributed by atoms with Crippen LogP contribution in [0.1, 0.15) is 34.8 Å². The predicted molar refractivity (Wildman–Crippen MR) is 148 cm³/mol. The summed E-state index contributed by atoms with van der Waals surface area (Å²) in [4.78, 5) is 23.9. The van der Waals surface area contributed by atoms with Crippen LogP contribution in [0, 0.1) is 0 Å². The summed E-state index contributed by atoms with van der Waals surface area (Å²) in [5, 5.41) is 39.2. The number of rotatable bonds is 8. The first-order valence-corrected chi connectivity index (χ1v) is 12.2. The van der Waals surface area contributed by atoms with Crippen molar-refractivity contribution in [1.29, 1.82) is 0 Å². The average molecular weight is 534 g/mol. The number of allylic oxidation sites excluding steroid dienone is 1. The second-order valence-electron chi connectivity index (χ2n) is 8.79. The number of carboxylic acid groups (broad SMARTS) is 1. The molecule has 6 N–H and O–H groups in total. The molecule has 1 aliphatic heterocycles. The third-order valence-electron chi connectivity index (χ3n) is 5.86. The molecule has 0 saturated heterocycles. The Kier molecular flexibility index (Phi) is 7.94. The van der Waals surface area contributed by atoms with Gasteiger partial charge in [-0.15, -0.1) is 0 Å². The Balaban J connectivity index is 1.57. The van der Waals surface area contributed by atoms with Crippen LogP contribution in [0.15, 0.2) is 78.1 Å². The second kappa shape index (κ2) is 11.3. The van der Waals surface area contributed by atoms with Crippen LogP contribution in [0.2, 0.25) is 0 Å². The molecule has 0 spiro atoms. The van der Waals surface area contributed by atoms with Crippen molar-refractivity contribution in [3.05, 3.63) is 94.8 Å². The van der Waals surface area contributed by atoms with Crippen molar-refractivity contribution in [2.75, 3.05) is 18.4 Å². The summed E-state index contributed by atoms with van der Waals surface area (Å²) >= 11 is 5.34. The number of aliphatic hydroxyl groups is 1. The fourth-order valence-electron chi connectivity index (χ4n) is 4.06. The van der Waals surface area contributed by atoms with Gasteiger partial charge >= 0.3 is 5.97 Å². The number of fused-ring (bicyclic) bond motifs is 2. The van der Waals surface area contributed by atoms with Gasteiger partial charge < -0.3 is 36.0 Å². The van der Waals surface area contributed by atoms with Crippen LogP contribution in [-0.4, -0.2) is 51.5 Å². The lowest BCUT2D eigenvalue weighted by atomic mass is 9.85. The molecule has 2 aromatic carbocycles. The van der Waals surface area contributed by atoms with Gasteiger partial charge in [-0.3, -0.25) is 4.79 Å². The Morgan fingerprint density at radius 3 is 2.58 bits per heavy atom. The molecule has 0 fully saturated rings. The fraction of sp³-hybridized carbons (Fsp3) is 0.179. The van der Waals surface area contributed by atoms with Gasteiger partial charge in [0.2, 0.25) is 5.91 Å². The molecular formula is C28H27N3O6S. The minimum Gasteiger partial charge on any atom is -0.508 e. The number of carbonyl (C=O) groups excluding carboxylic acids is 1. The maximum absolute atomic E-state index is 12.3. The summed E-state index contributed by atoms with van der Waals surface area (Å²) < 4.78 is 5.91. The van der Waals surface area contributed by atoms with E-state index in [9.17, 15) is 24.9 Å². The Morgan fingerprint density at radius 2 is 1.84 bits per heavy atom. The first-order chi connectivity index (χ1) is 18.1. The van der Waals surface area contributed by atoms with E-state index >= 15 is 0 Å². The molecule has 4 rings (SSSR count). The van der Waals surface area contributed by atoms with E-state index in [1.807, 2.05) is 0 Å². The van der Waals surface area contributed by atoms with Crippen LogP contribution in [-0.2, 0) is 4.79 Å². The third kappa shape index (κ3) is 5.93. The molecule has 38 heavy (non-hydrogen) atoms. The monoisotopic (exact) mass is 533 g/mol. The molecule has 1 aliphatic carbocycles. The molecule has 1 amide bonds. The summed E-state index contributed by atoms with van der Waals surface area (Å²) in [6.45, 7) is 6.18. The maximum Gasteiger partial charge on any atom is 0.336 e. The van der Waals surface area contributed by atoms with Crippen molar-refractivity contribution in [2.45, 2.75) is 19.4 Å². The second-order valence-corrected chi connectivity index (χ2v) is 9.20. The third-order valence-corrected chi connectivity index (χ3v) is 6.11. The van der Waals surface area contributed by atoms with Crippen molar-refractivity contribution in [3.8, 4) is 11.5 Å². The zero-order valence-electron chi connectivity index (χ0n) is 20.6. The van der Waals surface area contributed by atoms with Crippen molar-refractivity contribution < 1.29 is 29.6 Å². The van der Waals surface area contributed by atoms with E-state index < -0.39 is 12.1 Å². The number of ether oxygens (including phenoxy) is 1. The van der Waals surface area contributed by atoms with Crippen LogP contribution in [0.4, 0.5) is 5.69 Å². The number of nitrogens with one attached hydrogen (secondary N) is 3. The molecule has 196 valence electrons. The van der Waals surface area contributed by atoms with Crippen LogP contribution in [0.25, 0.3) is 5.57 Å². The molecule has 0 saturated carbocycles. The molecule has 9 nitrogen and oxygen atoms in total. The van der Waals surface area contributed by atoms with Crippen LogP contribution in [0.3, 0.4) is 0 Å². The summed E-state index contributed by atoms with van der Waals surface area (Å²) in [7, 11) is 0. The van der Waals surface area contributed by atoms with Gasteiger partial charge in [0.25, 0.3) is 0 Å². The Labute approximate surface area is 224 Å². The summed E-state index contributed by atoms with van der Waals surface area (Å²) in [5.74, 6) is -0.621. The van der Waals surface area contributed by atoms with E-state index in [0.29, 0.717) is 69.7 Å². The SMILES string of the molecule is C=C(C)C(=O)NCCCNC(=S)Nc1ccc(C2=C3C=CC(O)C=C3Oc3cc(O)ccc32)c(C(=O)O)c1. The van der Waals surface area contributed by atoms with Crippen molar-refractivity contribution in [2.24, 2.45) is 0 Å². The van der Waals surface area contributed by atoms with Gasteiger partial charge in [-0.2, -0.15) is 0 Å². The zero-order chi connectivity index (χ0) is 27.4. The van der Waals surface area contributed by atoms with Gasteiger partial charge in [0.05, 0.1) is 11.7 Å². The fourth-order valence-corrected chi connectivity index (χ4v) is 4.28. The zero-order valence-corrected chi connectivity index (χ0v) is 21.4. The summed E-state index contributed by atoms with van der Waals surface area (Å²) in [6.07, 6.45) is 4.58. The number of benzene rings is 2. The number of phenolic OH excluding ortho intramolecular Hbond substituents is 1. The van der Waals surface area contributed by atoms with Gasteiger partial charge in [-0.25, -0.2) is 4.79 Å². The number of hydrogen-bond acceptors (Lipinski definition) is 6. The largest absolute Gasteiger partial charge is 0.508 e.